The average Bonchev–Trinajstić information content (AvgIpc) is 2.74. The molecule has 0 spiro atoms. The molecule has 0 radical (unpaired) electrons. The molecule has 3 rings (SSSR count). The zero-order valence-corrected chi connectivity index (χ0v) is 19.0. The summed E-state index contributed by atoms with van der Waals surface area (Å²) in [6, 6.07) is 8.02. The Bertz CT molecular complexity index is 1090. The van der Waals surface area contributed by atoms with Gasteiger partial charge in [-0.15, -0.1) is 0 Å². The van der Waals surface area contributed by atoms with Crippen molar-refractivity contribution in [1.82, 2.24) is 5.32 Å². The lowest BCUT2D eigenvalue weighted by molar-refractivity contribution is -0.127. The van der Waals surface area contributed by atoms with E-state index in [-0.39, 0.29) is 18.8 Å². The molecule has 1 amide bonds. The molecule has 1 aliphatic heterocycles. The number of amides is 1. The minimum Gasteiger partial charge on any atom is -0.493 e. The topological polar surface area (TPSA) is 103 Å². The average molecular weight is 471 g/mol. The first-order valence-corrected chi connectivity index (χ1v) is 11.4. The first-order chi connectivity index (χ1) is 14.7. The summed E-state index contributed by atoms with van der Waals surface area (Å²) >= 11 is 6.00. The summed E-state index contributed by atoms with van der Waals surface area (Å²) < 4.78 is 47.4. The molecule has 0 aliphatic carbocycles. The Hall–Kier alpha value is -2.85. The van der Waals surface area contributed by atoms with E-state index < -0.39 is 22.0 Å². The highest BCUT2D eigenvalue weighted by Gasteiger charge is 2.35. The molecular weight excluding hydrogens is 448 g/mol. The van der Waals surface area contributed by atoms with E-state index in [1.54, 1.807) is 18.2 Å². The van der Waals surface area contributed by atoms with E-state index in [0.717, 1.165) is 10.6 Å². The maximum atomic E-state index is 12.8. The molecule has 1 N–H and O–H groups in total. The standard InChI is InChI=1S/C20H23ClN2O7S/c1-27-16-7-5-12(18(28-2)19(16)29-3)10-22-20(24)17-11-23(31(4,25)26)14-9-13(21)6-8-15(14)30-17/h5-9,17H,10-11H2,1-4H3,(H,22,24)/t17-/m0/s1. The molecule has 1 atom stereocenters. The van der Waals surface area contributed by atoms with E-state index in [9.17, 15) is 13.2 Å². The Morgan fingerprint density at radius 3 is 2.48 bits per heavy atom. The minimum absolute atomic E-state index is 0.106. The third kappa shape index (κ3) is 4.75. The van der Waals surface area contributed by atoms with Gasteiger partial charge in [0.1, 0.15) is 5.75 Å². The maximum Gasteiger partial charge on any atom is 0.263 e. The number of carbonyl (C=O) groups excluding carboxylic acids is 1. The molecule has 0 fully saturated rings. The maximum absolute atomic E-state index is 12.8. The number of fused-ring (bicyclic) bond motifs is 1. The van der Waals surface area contributed by atoms with E-state index in [0.29, 0.717) is 33.5 Å². The number of methoxy groups -OCH3 is 3. The van der Waals surface area contributed by atoms with Crippen molar-refractivity contribution in [3.8, 4) is 23.0 Å². The van der Waals surface area contributed by atoms with Crippen LogP contribution in [0.3, 0.4) is 0 Å². The Morgan fingerprint density at radius 1 is 1.16 bits per heavy atom. The Balaban J connectivity index is 1.81. The first-order valence-electron chi connectivity index (χ1n) is 9.19. The van der Waals surface area contributed by atoms with Gasteiger partial charge in [-0.05, 0) is 30.3 Å². The number of nitrogens with zero attached hydrogens (tertiary/aromatic N) is 1. The van der Waals surface area contributed by atoms with Gasteiger partial charge < -0.3 is 24.3 Å². The summed E-state index contributed by atoms with van der Waals surface area (Å²) in [7, 11) is 0.832. The SMILES string of the molecule is COc1ccc(CNC(=O)[C@@H]2CN(S(C)(=O)=O)c3cc(Cl)ccc3O2)c(OC)c1OC. The minimum atomic E-state index is -3.65. The van der Waals surface area contributed by atoms with Crippen LogP contribution < -0.4 is 28.6 Å². The summed E-state index contributed by atoms with van der Waals surface area (Å²) in [5, 5.41) is 3.12. The quantitative estimate of drug-likeness (QED) is 0.661. The number of halogens is 1. The van der Waals surface area contributed by atoms with Crippen LogP contribution in [0.4, 0.5) is 5.69 Å². The second kappa shape index (κ2) is 9.11. The number of hydrogen-bond acceptors (Lipinski definition) is 7. The van der Waals surface area contributed by atoms with Crippen molar-refractivity contribution in [1.29, 1.82) is 0 Å². The number of carbonyl (C=O) groups is 1. The highest BCUT2D eigenvalue weighted by molar-refractivity contribution is 7.92. The fraction of sp³-hybridized carbons (Fsp3) is 0.350. The van der Waals surface area contributed by atoms with Gasteiger partial charge in [0, 0.05) is 17.1 Å². The molecule has 0 aromatic heterocycles. The normalized spacial score (nSPS) is 15.5. The molecule has 2 aromatic rings. The van der Waals surface area contributed by atoms with E-state index in [4.69, 9.17) is 30.5 Å². The lowest BCUT2D eigenvalue weighted by atomic mass is 10.1. The number of rotatable bonds is 7. The molecule has 9 nitrogen and oxygen atoms in total. The van der Waals surface area contributed by atoms with Gasteiger partial charge in [-0.25, -0.2) is 8.42 Å². The lowest BCUT2D eigenvalue weighted by Gasteiger charge is -2.34. The molecule has 2 aromatic carbocycles. The van der Waals surface area contributed by atoms with E-state index >= 15 is 0 Å². The fourth-order valence-electron chi connectivity index (χ4n) is 3.27. The summed E-state index contributed by atoms with van der Waals surface area (Å²) in [6.07, 6.45) is 0.0152. The van der Waals surface area contributed by atoms with Gasteiger partial charge >= 0.3 is 0 Å². The van der Waals surface area contributed by atoms with Gasteiger partial charge in [0.05, 0.1) is 39.8 Å². The number of sulfonamides is 1. The van der Waals surface area contributed by atoms with Crippen molar-refractivity contribution in [3.05, 3.63) is 40.9 Å². The van der Waals surface area contributed by atoms with E-state index in [1.807, 2.05) is 0 Å². The number of nitrogens with one attached hydrogen (secondary N) is 1. The molecular formula is C20H23ClN2O7S. The van der Waals surface area contributed by atoms with Gasteiger partial charge in [-0.3, -0.25) is 9.10 Å². The predicted molar refractivity (Wildman–Crippen MR) is 116 cm³/mol. The largest absolute Gasteiger partial charge is 0.493 e. The van der Waals surface area contributed by atoms with Crippen molar-refractivity contribution >= 4 is 33.2 Å². The zero-order chi connectivity index (χ0) is 22.8. The molecule has 0 saturated carbocycles. The fourth-order valence-corrected chi connectivity index (χ4v) is 4.35. The second-order valence-corrected chi connectivity index (χ2v) is 9.07. The number of hydrogen-bond donors (Lipinski definition) is 1. The van der Waals surface area contributed by atoms with Crippen LogP contribution in [0.2, 0.25) is 5.02 Å². The van der Waals surface area contributed by atoms with Crippen LogP contribution in [0.15, 0.2) is 30.3 Å². The molecule has 31 heavy (non-hydrogen) atoms. The van der Waals surface area contributed by atoms with Crippen LogP contribution in [-0.4, -0.2) is 54.6 Å². The van der Waals surface area contributed by atoms with E-state index in [2.05, 4.69) is 5.32 Å². The Kier molecular flexibility index (Phi) is 6.71. The predicted octanol–water partition coefficient (Wildman–Crippen LogP) is 2.21. The zero-order valence-electron chi connectivity index (χ0n) is 17.5. The van der Waals surface area contributed by atoms with Gasteiger partial charge in [0.25, 0.3) is 5.91 Å². The van der Waals surface area contributed by atoms with Crippen LogP contribution >= 0.6 is 11.6 Å². The van der Waals surface area contributed by atoms with Crippen LogP contribution in [-0.2, 0) is 21.4 Å². The summed E-state index contributed by atoms with van der Waals surface area (Å²) in [5.41, 5.74) is 0.942. The van der Waals surface area contributed by atoms with Crippen LogP contribution in [0.1, 0.15) is 5.56 Å². The third-order valence-corrected chi connectivity index (χ3v) is 6.10. The first kappa shape index (κ1) is 22.8. The summed E-state index contributed by atoms with van der Waals surface area (Å²) in [5.74, 6) is 1.09. The molecule has 1 aliphatic rings. The van der Waals surface area contributed by atoms with Gasteiger partial charge in [0.2, 0.25) is 15.8 Å². The van der Waals surface area contributed by atoms with Crippen LogP contribution in [0.5, 0.6) is 23.0 Å². The van der Waals surface area contributed by atoms with Gasteiger partial charge in [-0.2, -0.15) is 0 Å². The number of benzene rings is 2. The Morgan fingerprint density at radius 2 is 1.87 bits per heavy atom. The second-order valence-electron chi connectivity index (χ2n) is 6.72. The van der Waals surface area contributed by atoms with Crippen molar-refractivity contribution in [2.24, 2.45) is 0 Å². The van der Waals surface area contributed by atoms with E-state index in [1.165, 1.54) is 33.5 Å². The molecule has 168 valence electrons. The van der Waals surface area contributed by atoms with Crippen molar-refractivity contribution in [3.63, 3.8) is 0 Å². The van der Waals surface area contributed by atoms with Crippen molar-refractivity contribution in [2.45, 2.75) is 12.6 Å². The monoisotopic (exact) mass is 470 g/mol. The third-order valence-electron chi connectivity index (χ3n) is 4.72. The molecule has 0 bridgehead atoms. The highest BCUT2D eigenvalue weighted by atomic mass is 35.5. The highest BCUT2D eigenvalue weighted by Crippen LogP contribution is 2.40. The smallest absolute Gasteiger partial charge is 0.263 e. The summed E-state index contributed by atoms with van der Waals surface area (Å²) in [6.45, 7) is -0.0738. The molecule has 0 saturated heterocycles. The Labute approximate surface area is 185 Å². The molecule has 1 heterocycles. The van der Waals surface area contributed by atoms with Crippen molar-refractivity contribution in [2.75, 3.05) is 38.4 Å². The summed E-state index contributed by atoms with van der Waals surface area (Å²) in [4.78, 5) is 12.8. The number of anilines is 1. The van der Waals surface area contributed by atoms with Gasteiger partial charge in [-0.1, -0.05) is 11.6 Å². The molecule has 11 heteroatoms. The van der Waals surface area contributed by atoms with Crippen LogP contribution in [0, 0.1) is 0 Å². The van der Waals surface area contributed by atoms with Crippen LogP contribution in [0.25, 0.3) is 0 Å². The number of ether oxygens (including phenoxy) is 4. The molecule has 0 unspecified atom stereocenters. The van der Waals surface area contributed by atoms with Crippen molar-refractivity contribution < 1.29 is 32.2 Å². The lowest BCUT2D eigenvalue weighted by Crippen LogP contribution is -2.50. The van der Waals surface area contributed by atoms with Gasteiger partial charge in [0.15, 0.2) is 17.6 Å².